The number of hydrogen-bond donors (Lipinski definition) is 1. The number of hydrogen-bond acceptors (Lipinski definition) is 2. The first-order valence-electron chi connectivity index (χ1n) is 7.35. The summed E-state index contributed by atoms with van der Waals surface area (Å²) in [5, 5.41) is 0. The van der Waals surface area contributed by atoms with Crippen LogP contribution >= 0.6 is 0 Å². The smallest absolute Gasteiger partial charge is 0.00825 e. The van der Waals surface area contributed by atoms with E-state index in [9.17, 15) is 0 Å². The maximum absolute atomic E-state index is 6.26. The number of likely N-dealkylation sites (tertiary alicyclic amines) is 1. The lowest BCUT2D eigenvalue weighted by atomic mass is 9.78. The molecule has 1 heterocycles. The first-order valence-corrected chi connectivity index (χ1v) is 7.35. The Kier molecular flexibility index (Phi) is 3.67. The molecular weight excluding hydrogens is 220 g/mol. The quantitative estimate of drug-likeness (QED) is 0.884. The van der Waals surface area contributed by atoms with Crippen molar-refractivity contribution in [3.05, 3.63) is 35.9 Å². The Bertz CT molecular complexity index is 376. The molecule has 2 nitrogen and oxygen atoms in total. The molecule has 3 rings (SSSR count). The Morgan fingerprint density at radius 2 is 1.94 bits per heavy atom. The van der Waals surface area contributed by atoms with Crippen LogP contribution in [0, 0.1) is 11.8 Å². The van der Waals surface area contributed by atoms with Gasteiger partial charge in [0.25, 0.3) is 0 Å². The summed E-state index contributed by atoms with van der Waals surface area (Å²) in [5.74, 6) is 1.65. The van der Waals surface area contributed by atoms with E-state index in [0.29, 0.717) is 6.04 Å². The SMILES string of the molecule is NC1CCCC2CN(CCc3ccccc3)CC12. The zero-order chi connectivity index (χ0) is 12.4. The monoisotopic (exact) mass is 244 g/mol. The second-order valence-electron chi connectivity index (χ2n) is 6.01. The van der Waals surface area contributed by atoms with Gasteiger partial charge in [0, 0.05) is 25.7 Å². The van der Waals surface area contributed by atoms with Gasteiger partial charge in [-0.05, 0) is 36.7 Å². The van der Waals surface area contributed by atoms with Crippen molar-refractivity contribution in [2.24, 2.45) is 17.6 Å². The molecule has 0 radical (unpaired) electrons. The lowest BCUT2D eigenvalue weighted by Crippen LogP contribution is -2.38. The normalized spacial score (nSPS) is 32.4. The van der Waals surface area contributed by atoms with Crippen LogP contribution in [0.25, 0.3) is 0 Å². The molecule has 1 aliphatic heterocycles. The van der Waals surface area contributed by atoms with Crippen LogP contribution in [-0.4, -0.2) is 30.6 Å². The highest BCUT2D eigenvalue weighted by atomic mass is 15.2. The average molecular weight is 244 g/mol. The van der Waals surface area contributed by atoms with Gasteiger partial charge in [-0.2, -0.15) is 0 Å². The Labute approximate surface area is 110 Å². The number of nitrogens with zero attached hydrogens (tertiary/aromatic N) is 1. The van der Waals surface area contributed by atoms with Gasteiger partial charge in [-0.25, -0.2) is 0 Å². The lowest BCUT2D eigenvalue weighted by molar-refractivity contribution is 0.259. The fourth-order valence-corrected chi connectivity index (χ4v) is 3.72. The van der Waals surface area contributed by atoms with Gasteiger partial charge in [-0.1, -0.05) is 36.8 Å². The average Bonchev–Trinajstić information content (AvgIpc) is 2.82. The molecule has 0 amide bonds. The molecule has 98 valence electrons. The molecule has 0 aromatic heterocycles. The maximum Gasteiger partial charge on any atom is 0.00825 e. The van der Waals surface area contributed by atoms with Gasteiger partial charge in [0.15, 0.2) is 0 Å². The van der Waals surface area contributed by atoms with Gasteiger partial charge in [-0.3, -0.25) is 0 Å². The molecule has 3 unspecified atom stereocenters. The summed E-state index contributed by atoms with van der Waals surface area (Å²) in [6.45, 7) is 3.72. The number of nitrogens with two attached hydrogens (primary N) is 1. The van der Waals surface area contributed by atoms with E-state index < -0.39 is 0 Å². The van der Waals surface area contributed by atoms with Crippen molar-refractivity contribution in [1.82, 2.24) is 4.90 Å². The van der Waals surface area contributed by atoms with Crippen LogP contribution in [0.15, 0.2) is 30.3 Å². The minimum atomic E-state index is 0.463. The number of benzene rings is 1. The topological polar surface area (TPSA) is 29.3 Å². The standard InChI is InChI=1S/C16H24N2/c17-16-8-4-7-14-11-18(12-15(14)16)10-9-13-5-2-1-3-6-13/h1-3,5-6,14-16H,4,7-12,17H2. The Morgan fingerprint density at radius 3 is 2.72 bits per heavy atom. The Balaban J connectivity index is 1.53. The second kappa shape index (κ2) is 5.41. The van der Waals surface area contributed by atoms with E-state index in [4.69, 9.17) is 5.73 Å². The van der Waals surface area contributed by atoms with Gasteiger partial charge in [0.2, 0.25) is 0 Å². The maximum atomic E-state index is 6.26. The predicted molar refractivity (Wildman–Crippen MR) is 75.4 cm³/mol. The van der Waals surface area contributed by atoms with Gasteiger partial charge in [0.1, 0.15) is 0 Å². The molecule has 2 aliphatic rings. The minimum Gasteiger partial charge on any atom is -0.327 e. The van der Waals surface area contributed by atoms with Gasteiger partial charge in [-0.15, -0.1) is 0 Å². The largest absolute Gasteiger partial charge is 0.327 e. The van der Waals surface area contributed by atoms with E-state index >= 15 is 0 Å². The van der Waals surface area contributed by atoms with Crippen molar-refractivity contribution in [3.63, 3.8) is 0 Å². The Hall–Kier alpha value is -0.860. The van der Waals surface area contributed by atoms with Crippen LogP contribution < -0.4 is 5.73 Å². The van der Waals surface area contributed by atoms with E-state index in [1.54, 1.807) is 0 Å². The lowest BCUT2D eigenvalue weighted by Gasteiger charge is -2.29. The van der Waals surface area contributed by atoms with Crippen molar-refractivity contribution in [2.45, 2.75) is 31.7 Å². The number of rotatable bonds is 3. The highest BCUT2D eigenvalue weighted by Gasteiger charge is 2.38. The fraction of sp³-hybridized carbons (Fsp3) is 0.625. The summed E-state index contributed by atoms with van der Waals surface area (Å²) in [6, 6.07) is 11.3. The van der Waals surface area contributed by atoms with Crippen molar-refractivity contribution in [3.8, 4) is 0 Å². The Morgan fingerprint density at radius 1 is 1.11 bits per heavy atom. The molecule has 2 N–H and O–H groups in total. The molecule has 2 heteroatoms. The van der Waals surface area contributed by atoms with E-state index in [2.05, 4.69) is 35.2 Å². The van der Waals surface area contributed by atoms with Gasteiger partial charge in [0.05, 0.1) is 0 Å². The predicted octanol–water partition coefficient (Wildman–Crippen LogP) is 2.29. The molecule has 1 saturated carbocycles. The molecule has 0 spiro atoms. The zero-order valence-corrected chi connectivity index (χ0v) is 11.1. The summed E-state index contributed by atoms with van der Waals surface area (Å²) < 4.78 is 0. The van der Waals surface area contributed by atoms with Crippen LogP contribution in [0.3, 0.4) is 0 Å². The van der Waals surface area contributed by atoms with E-state index in [-0.39, 0.29) is 0 Å². The molecule has 0 bridgehead atoms. The first kappa shape index (κ1) is 12.2. The minimum absolute atomic E-state index is 0.463. The van der Waals surface area contributed by atoms with Crippen molar-refractivity contribution in [2.75, 3.05) is 19.6 Å². The third-order valence-electron chi connectivity index (χ3n) is 4.79. The van der Waals surface area contributed by atoms with Gasteiger partial charge < -0.3 is 10.6 Å². The summed E-state index contributed by atoms with van der Waals surface area (Å²) in [4.78, 5) is 2.63. The second-order valence-corrected chi connectivity index (χ2v) is 6.01. The van der Waals surface area contributed by atoms with E-state index in [0.717, 1.165) is 11.8 Å². The first-order chi connectivity index (χ1) is 8.83. The van der Waals surface area contributed by atoms with Crippen LogP contribution in [0.4, 0.5) is 0 Å². The molecule has 1 saturated heterocycles. The van der Waals surface area contributed by atoms with Crippen LogP contribution in [0.1, 0.15) is 24.8 Å². The van der Waals surface area contributed by atoms with Crippen LogP contribution in [0.2, 0.25) is 0 Å². The van der Waals surface area contributed by atoms with Crippen molar-refractivity contribution in [1.29, 1.82) is 0 Å². The molecule has 3 atom stereocenters. The molecule has 18 heavy (non-hydrogen) atoms. The molecule has 1 aromatic carbocycles. The van der Waals surface area contributed by atoms with Gasteiger partial charge >= 0.3 is 0 Å². The molecule has 1 aromatic rings. The number of fused-ring (bicyclic) bond motifs is 1. The fourth-order valence-electron chi connectivity index (χ4n) is 3.72. The van der Waals surface area contributed by atoms with Crippen LogP contribution in [-0.2, 0) is 6.42 Å². The molecule has 1 aliphatic carbocycles. The highest BCUT2D eigenvalue weighted by Crippen LogP contribution is 2.35. The summed E-state index contributed by atoms with van der Waals surface area (Å²) >= 11 is 0. The third-order valence-corrected chi connectivity index (χ3v) is 4.79. The van der Waals surface area contributed by atoms with E-state index in [1.807, 2.05) is 0 Å². The van der Waals surface area contributed by atoms with Crippen molar-refractivity contribution < 1.29 is 0 Å². The summed E-state index contributed by atoms with van der Waals surface area (Å²) in [6.07, 6.45) is 5.16. The molecular formula is C16H24N2. The summed E-state index contributed by atoms with van der Waals surface area (Å²) in [5.41, 5.74) is 7.72. The third kappa shape index (κ3) is 2.60. The highest BCUT2D eigenvalue weighted by molar-refractivity contribution is 5.15. The zero-order valence-electron chi connectivity index (χ0n) is 11.1. The summed E-state index contributed by atoms with van der Waals surface area (Å²) in [7, 11) is 0. The van der Waals surface area contributed by atoms with Crippen molar-refractivity contribution >= 4 is 0 Å². The van der Waals surface area contributed by atoms with Crippen LogP contribution in [0.5, 0.6) is 0 Å². The molecule has 2 fully saturated rings. The van der Waals surface area contributed by atoms with E-state index in [1.165, 1.54) is 50.9 Å².